The minimum atomic E-state index is 0.399. The predicted molar refractivity (Wildman–Crippen MR) is 86.3 cm³/mol. The van der Waals surface area contributed by atoms with Gasteiger partial charge in [0.15, 0.2) is 0 Å². The summed E-state index contributed by atoms with van der Waals surface area (Å²) in [4.78, 5) is 8.88. The first-order valence-corrected chi connectivity index (χ1v) is 6.78. The molecule has 0 amide bonds. The van der Waals surface area contributed by atoms with Crippen LogP contribution < -0.4 is 9.47 Å². The summed E-state index contributed by atoms with van der Waals surface area (Å²) in [5.41, 5.74) is 1.62. The van der Waals surface area contributed by atoms with Crippen molar-refractivity contribution < 1.29 is 9.47 Å². The third kappa shape index (κ3) is 1.75. The van der Waals surface area contributed by atoms with Crippen LogP contribution in [0.25, 0.3) is 10.8 Å². The Kier molecular flexibility index (Phi) is 2.64. The molecule has 0 radical (unpaired) electrons. The maximum Gasteiger partial charge on any atom is 0.274 e. The summed E-state index contributed by atoms with van der Waals surface area (Å²) < 4.78 is 11.5. The van der Waals surface area contributed by atoms with E-state index in [0.717, 1.165) is 22.1 Å². The molecule has 0 fully saturated rings. The molecule has 4 heteroatoms. The summed E-state index contributed by atoms with van der Waals surface area (Å²) in [5, 5.41) is 1.79. The summed E-state index contributed by atoms with van der Waals surface area (Å²) in [7, 11) is 0. The molecule has 2 aromatic carbocycles. The van der Waals surface area contributed by atoms with Crippen molar-refractivity contribution in [3.8, 4) is 35.2 Å². The van der Waals surface area contributed by atoms with Crippen LogP contribution in [0, 0.1) is 23.7 Å². The van der Waals surface area contributed by atoms with E-state index in [1.165, 1.54) is 0 Å². The van der Waals surface area contributed by atoms with E-state index in [4.69, 9.17) is 9.47 Å². The van der Waals surface area contributed by atoms with Gasteiger partial charge in [-0.3, -0.25) is 0 Å². The van der Waals surface area contributed by atoms with Crippen LogP contribution in [0.1, 0.15) is 13.8 Å². The van der Waals surface area contributed by atoms with Gasteiger partial charge in [0.05, 0.1) is 22.1 Å². The summed E-state index contributed by atoms with van der Waals surface area (Å²) in [6.07, 6.45) is 0. The van der Waals surface area contributed by atoms with Gasteiger partial charge in [-0.25, -0.2) is 9.98 Å². The standard InChI is InChI=1S/C18H10N2O2/c1-3-5-15-19-11-7-10-14-18-12(20-16(22-14)6-4-2)8-9-13(21-15)17(11)18/h7-10H,1-2H3. The quantitative estimate of drug-likeness (QED) is 0.692. The molecule has 0 saturated heterocycles. The molecule has 2 aromatic rings. The predicted octanol–water partition coefficient (Wildman–Crippen LogP) is 3.73. The maximum atomic E-state index is 5.74. The van der Waals surface area contributed by atoms with Crippen LogP contribution in [0.4, 0.5) is 11.4 Å². The largest absolute Gasteiger partial charge is 0.431 e. The van der Waals surface area contributed by atoms with Crippen LogP contribution in [0.2, 0.25) is 0 Å². The second-order valence-corrected chi connectivity index (χ2v) is 4.70. The van der Waals surface area contributed by atoms with Crippen LogP contribution in [0.3, 0.4) is 0 Å². The van der Waals surface area contributed by atoms with Crippen LogP contribution in [-0.4, -0.2) is 11.8 Å². The molecule has 4 rings (SSSR count). The minimum Gasteiger partial charge on any atom is -0.431 e. The van der Waals surface area contributed by atoms with Gasteiger partial charge in [-0.2, -0.15) is 0 Å². The zero-order chi connectivity index (χ0) is 15.1. The first kappa shape index (κ1) is 12.5. The zero-order valence-electron chi connectivity index (χ0n) is 12.0. The van der Waals surface area contributed by atoms with Gasteiger partial charge in [0.2, 0.25) is 0 Å². The molecule has 0 bridgehead atoms. The fourth-order valence-corrected chi connectivity index (χ4v) is 2.55. The fraction of sp³-hybridized carbons (Fsp3) is 0.111. The summed E-state index contributed by atoms with van der Waals surface area (Å²) in [6.45, 7) is 3.50. The Labute approximate surface area is 127 Å². The van der Waals surface area contributed by atoms with Crippen molar-refractivity contribution in [1.82, 2.24) is 0 Å². The van der Waals surface area contributed by atoms with Crippen molar-refractivity contribution in [1.29, 1.82) is 0 Å². The van der Waals surface area contributed by atoms with Crippen molar-refractivity contribution in [3.63, 3.8) is 0 Å². The lowest BCUT2D eigenvalue weighted by Crippen LogP contribution is -2.12. The lowest BCUT2D eigenvalue weighted by molar-refractivity contribution is 0.552. The number of aliphatic imine (C=N–C) groups is 2. The Bertz CT molecular complexity index is 925. The monoisotopic (exact) mass is 286 g/mol. The first-order chi connectivity index (χ1) is 10.8. The normalized spacial score (nSPS) is 13.5. The summed E-state index contributed by atoms with van der Waals surface area (Å²) in [6, 6.07) is 7.55. The van der Waals surface area contributed by atoms with Crippen LogP contribution in [0.15, 0.2) is 34.3 Å². The Morgan fingerprint density at radius 1 is 0.727 bits per heavy atom. The van der Waals surface area contributed by atoms with Crippen molar-refractivity contribution in [2.24, 2.45) is 9.98 Å². The SMILES string of the molecule is CC#CC1=Nc2ccc3c4c(ccc(c24)O1)N=C(C#CC)O3. The van der Waals surface area contributed by atoms with Crippen LogP contribution in [-0.2, 0) is 0 Å². The topological polar surface area (TPSA) is 43.2 Å². The molecule has 2 aliphatic heterocycles. The number of nitrogens with zero attached hydrogens (tertiary/aromatic N) is 2. The van der Waals surface area contributed by atoms with Gasteiger partial charge in [-0.1, -0.05) is 11.8 Å². The number of hydrogen-bond acceptors (Lipinski definition) is 4. The van der Waals surface area contributed by atoms with E-state index in [1.807, 2.05) is 24.3 Å². The van der Waals surface area contributed by atoms with Crippen molar-refractivity contribution >= 4 is 33.9 Å². The number of rotatable bonds is 0. The van der Waals surface area contributed by atoms with E-state index < -0.39 is 0 Å². The second-order valence-electron chi connectivity index (χ2n) is 4.70. The van der Waals surface area contributed by atoms with Gasteiger partial charge in [0.25, 0.3) is 11.8 Å². The lowest BCUT2D eigenvalue weighted by Gasteiger charge is -2.20. The van der Waals surface area contributed by atoms with Crippen LogP contribution >= 0.6 is 0 Å². The molecule has 0 saturated carbocycles. The van der Waals surface area contributed by atoms with Gasteiger partial charge in [0, 0.05) is 0 Å². The highest BCUT2D eigenvalue weighted by Crippen LogP contribution is 2.47. The molecule has 4 nitrogen and oxygen atoms in total. The molecule has 0 unspecified atom stereocenters. The molecule has 0 aromatic heterocycles. The van der Waals surface area contributed by atoms with E-state index in [1.54, 1.807) is 13.8 Å². The molecule has 22 heavy (non-hydrogen) atoms. The third-order valence-electron chi connectivity index (χ3n) is 3.36. The molecule has 2 heterocycles. The molecule has 0 spiro atoms. The Hall–Kier alpha value is -3.24. The smallest absolute Gasteiger partial charge is 0.274 e. The number of ether oxygens (including phenoxy) is 2. The van der Waals surface area contributed by atoms with Gasteiger partial charge in [0.1, 0.15) is 11.5 Å². The van der Waals surface area contributed by atoms with E-state index in [-0.39, 0.29) is 0 Å². The third-order valence-corrected chi connectivity index (χ3v) is 3.36. The fourth-order valence-electron chi connectivity index (χ4n) is 2.55. The molecule has 2 aliphatic rings. The lowest BCUT2D eigenvalue weighted by atomic mass is 10.0. The van der Waals surface area contributed by atoms with Crippen molar-refractivity contribution in [3.05, 3.63) is 24.3 Å². The Morgan fingerprint density at radius 2 is 1.18 bits per heavy atom. The molecular weight excluding hydrogens is 276 g/mol. The Morgan fingerprint density at radius 3 is 1.59 bits per heavy atom. The van der Waals surface area contributed by atoms with E-state index >= 15 is 0 Å². The zero-order valence-corrected chi connectivity index (χ0v) is 12.0. The molecule has 0 atom stereocenters. The van der Waals surface area contributed by atoms with Crippen molar-refractivity contribution in [2.45, 2.75) is 13.8 Å². The highest BCUT2D eigenvalue weighted by Gasteiger charge is 2.23. The molecule has 0 aliphatic carbocycles. The average Bonchev–Trinajstić information content (AvgIpc) is 2.53. The highest BCUT2D eigenvalue weighted by molar-refractivity contribution is 6.15. The summed E-state index contributed by atoms with van der Waals surface area (Å²) in [5.74, 6) is 13.5. The minimum absolute atomic E-state index is 0.399. The van der Waals surface area contributed by atoms with Crippen LogP contribution in [0.5, 0.6) is 11.5 Å². The van der Waals surface area contributed by atoms with Gasteiger partial charge in [-0.05, 0) is 50.0 Å². The molecule has 104 valence electrons. The average molecular weight is 286 g/mol. The Balaban J connectivity index is 2.03. The molecular formula is C18H10N2O2. The first-order valence-electron chi connectivity index (χ1n) is 6.78. The van der Waals surface area contributed by atoms with E-state index in [2.05, 4.69) is 33.7 Å². The second kappa shape index (κ2) is 4.65. The van der Waals surface area contributed by atoms with Crippen molar-refractivity contribution in [2.75, 3.05) is 0 Å². The van der Waals surface area contributed by atoms with E-state index in [0.29, 0.717) is 23.3 Å². The maximum absolute atomic E-state index is 5.74. The van der Waals surface area contributed by atoms with E-state index in [9.17, 15) is 0 Å². The number of benzene rings is 2. The molecule has 0 N–H and O–H groups in total. The van der Waals surface area contributed by atoms with Gasteiger partial charge < -0.3 is 9.47 Å². The number of hydrogen-bond donors (Lipinski definition) is 0. The van der Waals surface area contributed by atoms with Gasteiger partial charge in [-0.15, -0.1) is 0 Å². The highest BCUT2D eigenvalue weighted by atomic mass is 16.5. The summed E-state index contributed by atoms with van der Waals surface area (Å²) >= 11 is 0. The van der Waals surface area contributed by atoms with Gasteiger partial charge >= 0.3 is 0 Å².